The summed E-state index contributed by atoms with van der Waals surface area (Å²) < 4.78 is 24.4. The molecular weight excluding hydrogens is 448 g/mol. The molecule has 7 heteroatoms. The molecule has 0 bridgehead atoms. The fourth-order valence-corrected chi connectivity index (χ4v) is 4.46. The summed E-state index contributed by atoms with van der Waals surface area (Å²) in [5, 5.41) is 15.9. The van der Waals surface area contributed by atoms with Crippen molar-refractivity contribution < 1.29 is 18.8 Å². The van der Waals surface area contributed by atoms with Crippen molar-refractivity contribution in [2.24, 2.45) is 0 Å². The van der Waals surface area contributed by atoms with E-state index in [0.29, 0.717) is 12.1 Å². The average Bonchev–Trinajstić information content (AvgIpc) is 2.78. The van der Waals surface area contributed by atoms with Crippen LogP contribution in [0, 0.1) is 18.6 Å². The molecule has 0 atom stereocenters. The lowest BCUT2D eigenvalue weighted by Gasteiger charge is -2.42. The lowest BCUT2D eigenvalue weighted by atomic mass is 9.73. The highest BCUT2D eigenvalue weighted by molar-refractivity contribution is 5.72. The van der Waals surface area contributed by atoms with Gasteiger partial charge in [-0.2, -0.15) is 0 Å². The van der Waals surface area contributed by atoms with Gasteiger partial charge in [0.1, 0.15) is 11.6 Å². The molecule has 1 saturated carbocycles. The maximum Gasteiger partial charge on any atom is 0.216 e. The third-order valence-corrected chi connectivity index (χ3v) is 6.50. The number of nitrogens with one attached hydrogen (secondary N) is 3. The second-order valence-electron chi connectivity index (χ2n) is 10.5. The minimum absolute atomic E-state index is 0.0205. The fraction of sp³-hybridized carbons (Fsp3) is 0.536. The normalized spacial score (nSPS) is 20.1. The number of hydrogen-bond donors (Lipinski definition) is 4. The second-order valence-corrected chi connectivity index (χ2v) is 10.5. The summed E-state index contributed by atoms with van der Waals surface area (Å²) >= 11 is 0. The number of hydrogen-bond acceptors (Lipinski definition) is 4. The van der Waals surface area contributed by atoms with Crippen molar-refractivity contribution in [3.05, 3.63) is 70.8 Å². The van der Waals surface area contributed by atoms with Gasteiger partial charge in [-0.15, -0.1) is 0 Å². The molecule has 1 aliphatic rings. The van der Waals surface area contributed by atoms with Gasteiger partial charge in [0, 0.05) is 31.1 Å². The molecule has 35 heavy (non-hydrogen) atoms. The lowest BCUT2D eigenvalue weighted by Crippen LogP contribution is -2.48. The van der Waals surface area contributed by atoms with E-state index in [9.17, 15) is 18.8 Å². The second kappa shape index (κ2) is 13.1. The monoisotopic (exact) mass is 489 g/mol. The highest BCUT2D eigenvalue weighted by Crippen LogP contribution is 2.38. The molecule has 0 heterocycles. The van der Waals surface area contributed by atoms with Crippen LogP contribution in [0.25, 0.3) is 0 Å². The Morgan fingerprint density at radius 1 is 1.06 bits per heavy atom. The van der Waals surface area contributed by atoms with E-state index in [1.165, 1.54) is 23.3 Å². The maximum absolute atomic E-state index is 12.2. The lowest BCUT2D eigenvalue weighted by molar-refractivity contribution is -0.118. The number of amides is 1. The quantitative estimate of drug-likeness (QED) is 0.307. The highest BCUT2D eigenvalue weighted by Gasteiger charge is 2.36. The van der Waals surface area contributed by atoms with Crippen LogP contribution in [0.3, 0.4) is 0 Å². The minimum atomic E-state index is -0.521. The Balaban J connectivity index is 0.000000402. The van der Waals surface area contributed by atoms with Crippen molar-refractivity contribution in [1.82, 2.24) is 16.1 Å². The van der Waals surface area contributed by atoms with Crippen LogP contribution < -0.4 is 16.1 Å². The van der Waals surface area contributed by atoms with Crippen LogP contribution in [0.5, 0.6) is 0 Å². The third kappa shape index (κ3) is 9.32. The predicted molar refractivity (Wildman–Crippen MR) is 136 cm³/mol. The molecule has 2 aromatic carbocycles. The van der Waals surface area contributed by atoms with E-state index in [-0.39, 0.29) is 22.9 Å². The van der Waals surface area contributed by atoms with Crippen LogP contribution in [-0.2, 0) is 15.7 Å². The van der Waals surface area contributed by atoms with Crippen LogP contribution in [0.15, 0.2) is 42.5 Å². The van der Waals surface area contributed by atoms with Crippen LogP contribution in [0.2, 0.25) is 0 Å². The molecule has 0 radical (unpaired) electrons. The van der Waals surface area contributed by atoms with Crippen LogP contribution in [0.1, 0.15) is 76.5 Å². The Hall–Kier alpha value is -2.35. The smallest absolute Gasteiger partial charge is 0.216 e. The van der Waals surface area contributed by atoms with Crippen LogP contribution in [0.4, 0.5) is 8.78 Å². The van der Waals surface area contributed by atoms with Gasteiger partial charge in [0.25, 0.3) is 0 Å². The first-order chi connectivity index (χ1) is 16.4. The Bertz CT molecular complexity index is 901. The van der Waals surface area contributed by atoms with E-state index in [4.69, 9.17) is 0 Å². The number of hydroxylamine groups is 1. The molecule has 0 aliphatic heterocycles. The summed E-state index contributed by atoms with van der Waals surface area (Å²) in [6.07, 6.45) is 4.75. The number of aryl methyl sites for hydroxylation is 1. The molecule has 3 rings (SSSR count). The molecule has 1 amide bonds. The Kier molecular flexibility index (Phi) is 10.8. The van der Waals surface area contributed by atoms with E-state index in [2.05, 4.69) is 61.2 Å². The zero-order chi connectivity index (χ0) is 26.1. The first kappa shape index (κ1) is 28.9. The van der Waals surface area contributed by atoms with Gasteiger partial charge in [0.15, 0.2) is 0 Å². The van der Waals surface area contributed by atoms with Gasteiger partial charge in [-0.3, -0.25) is 4.79 Å². The average molecular weight is 490 g/mol. The Morgan fingerprint density at radius 3 is 2.20 bits per heavy atom. The van der Waals surface area contributed by atoms with E-state index in [0.717, 1.165) is 44.7 Å². The highest BCUT2D eigenvalue weighted by atomic mass is 19.1. The number of halogens is 2. The summed E-state index contributed by atoms with van der Waals surface area (Å²) in [5.41, 5.74) is 5.78. The minimum Gasteiger partial charge on any atom is -0.356 e. The molecule has 0 aromatic heterocycles. The maximum atomic E-state index is 12.2. The standard InChI is InChI=1S/C21H35N3O2.C7H6F2/c1-16(25)22-13-6-14-23-21(11-9-19(24-26)10-12-21)18-8-5-7-17(15-18)20(2,3)4;1-5-2-6(8)4-7(9)3-5/h5,7-8,15,19,23-24,26H,6,9-14H2,1-4H3,(H,22,25);2-4H,1H3. The van der Waals surface area contributed by atoms with Crippen molar-refractivity contribution in [3.8, 4) is 0 Å². The predicted octanol–water partition coefficient (Wildman–Crippen LogP) is 5.49. The molecular formula is C28H41F2N3O2. The van der Waals surface area contributed by atoms with Gasteiger partial charge in [-0.1, -0.05) is 45.0 Å². The van der Waals surface area contributed by atoms with Crippen molar-refractivity contribution in [1.29, 1.82) is 0 Å². The molecule has 0 saturated heterocycles. The molecule has 2 aromatic rings. The number of rotatable bonds is 7. The van der Waals surface area contributed by atoms with Crippen LogP contribution >= 0.6 is 0 Å². The molecule has 194 valence electrons. The number of benzene rings is 2. The molecule has 0 spiro atoms. The van der Waals surface area contributed by atoms with E-state index in [1.807, 2.05) is 0 Å². The van der Waals surface area contributed by atoms with Gasteiger partial charge >= 0.3 is 0 Å². The van der Waals surface area contributed by atoms with Crippen molar-refractivity contribution in [2.45, 2.75) is 83.7 Å². The van der Waals surface area contributed by atoms with E-state index >= 15 is 0 Å². The van der Waals surface area contributed by atoms with Gasteiger partial charge in [-0.25, -0.2) is 14.3 Å². The first-order valence-corrected chi connectivity index (χ1v) is 12.4. The zero-order valence-corrected chi connectivity index (χ0v) is 21.7. The molecule has 4 N–H and O–H groups in total. The first-order valence-electron chi connectivity index (χ1n) is 12.4. The van der Waals surface area contributed by atoms with Crippen LogP contribution in [-0.4, -0.2) is 30.2 Å². The summed E-state index contributed by atoms with van der Waals surface area (Å²) in [6.45, 7) is 11.5. The van der Waals surface area contributed by atoms with E-state index in [1.54, 1.807) is 13.8 Å². The molecule has 5 nitrogen and oxygen atoms in total. The third-order valence-electron chi connectivity index (χ3n) is 6.50. The number of carbonyl (C=O) groups excluding carboxylic acids is 1. The summed E-state index contributed by atoms with van der Waals surface area (Å²) in [7, 11) is 0. The van der Waals surface area contributed by atoms with Gasteiger partial charge < -0.3 is 15.8 Å². The largest absolute Gasteiger partial charge is 0.356 e. The molecule has 0 unspecified atom stereocenters. The Morgan fingerprint density at radius 2 is 1.69 bits per heavy atom. The van der Waals surface area contributed by atoms with Crippen molar-refractivity contribution in [2.75, 3.05) is 13.1 Å². The van der Waals surface area contributed by atoms with Crippen molar-refractivity contribution >= 4 is 5.91 Å². The summed E-state index contributed by atoms with van der Waals surface area (Å²) in [6, 6.07) is 12.5. The fourth-order valence-electron chi connectivity index (χ4n) is 4.46. The molecule has 1 aliphatic carbocycles. The number of carbonyl (C=O) groups is 1. The summed E-state index contributed by atoms with van der Waals surface area (Å²) in [5.74, 6) is -1.02. The Labute approximate surface area is 208 Å². The summed E-state index contributed by atoms with van der Waals surface area (Å²) in [4.78, 5) is 11.0. The van der Waals surface area contributed by atoms with Gasteiger partial charge in [0.05, 0.1) is 0 Å². The van der Waals surface area contributed by atoms with Gasteiger partial charge in [-0.05, 0) is 79.8 Å². The topological polar surface area (TPSA) is 73.4 Å². The van der Waals surface area contributed by atoms with Crippen molar-refractivity contribution in [3.63, 3.8) is 0 Å². The SMILES string of the molecule is CC(=O)NCCCNC1(c2cccc(C(C)(C)C)c2)CCC(NO)CC1.Cc1cc(F)cc(F)c1. The van der Waals surface area contributed by atoms with E-state index < -0.39 is 11.6 Å². The molecule has 1 fully saturated rings. The zero-order valence-electron chi connectivity index (χ0n) is 21.7. The van der Waals surface area contributed by atoms with Gasteiger partial charge in [0.2, 0.25) is 5.91 Å².